The highest BCUT2D eigenvalue weighted by atomic mass is 32.1. The summed E-state index contributed by atoms with van der Waals surface area (Å²) in [5.41, 5.74) is 2.43. The third kappa shape index (κ3) is 4.44. The van der Waals surface area contributed by atoms with Gasteiger partial charge in [0.25, 0.3) is 0 Å². The summed E-state index contributed by atoms with van der Waals surface area (Å²) in [6, 6.07) is 14.2. The minimum Gasteiger partial charge on any atom is -0.376 e. The van der Waals surface area contributed by atoms with E-state index in [1.807, 2.05) is 31.2 Å². The van der Waals surface area contributed by atoms with Gasteiger partial charge in [0.05, 0.1) is 40.0 Å². The molecule has 1 aliphatic rings. The van der Waals surface area contributed by atoms with Crippen molar-refractivity contribution in [2.24, 2.45) is 0 Å². The third-order valence-corrected chi connectivity index (χ3v) is 7.49. The Labute approximate surface area is 193 Å². The van der Waals surface area contributed by atoms with Gasteiger partial charge in [0.2, 0.25) is 5.91 Å². The lowest BCUT2D eigenvalue weighted by atomic mass is 10.1. The number of hydrogen-bond acceptors (Lipinski definition) is 6. The Kier molecular flexibility index (Phi) is 5.99. The molecule has 5 rings (SSSR count). The van der Waals surface area contributed by atoms with Gasteiger partial charge in [-0.15, -0.1) is 11.3 Å². The van der Waals surface area contributed by atoms with Crippen molar-refractivity contribution in [1.82, 2.24) is 9.97 Å². The van der Waals surface area contributed by atoms with Crippen LogP contribution in [0.2, 0.25) is 0 Å². The maximum atomic E-state index is 13.6. The number of aryl methyl sites for hydroxylation is 1. The number of fused-ring (bicyclic) bond motifs is 1. The van der Waals surface area contributed by atoms with Crippen molar-refractivity contribution in [3.63, 3.8) is 0 Å². The van der Waals surface area contributed by atoms with Crippen molar-refractivity contribution < 1.29 is 13.9 Å². The van der Waals surface area contributed by atoms with Crippen LogP contribution >= 0.6 is 22.7 Å². The van der Waals surface area contributed by atoms with Crippen LogP contribution in [0.4, 0.5) is 9.52 Å². The average molecular weight is 468 g/mol. The SMILES string of the molecule is Cc1nc(-c2ccc(F)cc2)c(CC(=O)N(C[C@H]2CCCO2)c2nc3ccccc3s2)s1. The number of thiazole rings is 2. The van der Waals surface area contributed by atoms with E-state index in [2.05, 4.69) is 4.98 Å². The first-order valence-corrected chi connectivity index (χ1v) is 12.2. The fraction of sp³-hybridized carbons (Fsp3) is 0.292. The Morgan fingerprint density at radius 3 is 2.72 bits per heavy atom. The Balaban J connectivity index is 1.46. The van der Waals surface area contributed by atoms with Crippen LogP contribution in [-0.2, 0) is 16.0 Å². The number of benzene rings is 2. The van der Waals surface area contributed by atoms with Crippen LogP contribution in [0.3, 0.4) is 0 Å². The first kappa shape index (κ1) is 21.2. The number of ether oxygens (including phenoxy) is 1. The Morgan fingerprint density at radius 2 is 1.97 bits per heavy atom. The van der Waals surface area contributed by atoms with Gasteiger partial charge in [-0.25, -0.2) is 14.4 Å². The second-order valence-corrected chi connectivity index (χ2v) is 10.1. The number of amides is 1. The molecule has 164 valence electrons. The van der Waals surface area contributed by atoms with Crippen molar-refractivity contribution in [2.45, 2.75) is 32.3 Å². The Hall–Kier alpha value is -2.68. The topological polar surface area (TPSA) is 55.3 Å². The largest absolute Gasteiger partial charge is 0.376 e. The molecule has 1 atom stereocenters. The minimum atomic E-state index is -0.295. The molecule has 2 aromatic heterocycles. The van der Waals surface area contributed by atoms with Gasteiger partial charge in [-0.2, -0.15) is 0 Å². The van der Waals surface area contributed by atoms with E-state index in [1.54, 1.807) is 17.0 Å². The van der Waals surface area contributed by atoms with Crippen LogP contribution in [0, 0.1) is 12.7 Å². The molecule has 0 saturated carbocycles. The maximum Gasteiger partial charge on any atom is 0.234 e. The van der Waals surface area contributed by atoms with E-state index in [-0.39, 0.29) is 24.2 Å². The van der Waals surface area contributed by atoms with E-state index in [4.69, 9.17) is 9.72 Å². The van der Waals surface area contributed by atoms with E-state index in [0.717, 1.165) is 50.8 Å². The molecule has 1 fully saturated rings. The molecular weight excluding hydrogens is 445 g/mol. The molecule has 3 heterocycles. The van der Waals surface area contributed by atoms with Crippen LogP contribution in [0.25, 0.3) is 21.5 Å². The second kappa shape index (κ2) is 9.05. The summed E-state index contributed by atoms with van der Waals surface area (Å²) in [6.45, 7) is 3.14. The van der Waals surface area contributed by atoms with Gasteiger partial charge in [0.15, 0.2) is 5.13 Å². The van der Waals surface area contributed by atoms with E-state index in [9.17, 15) is 9.18 Å². The predicted molar refractivity (Wildman–Crippen MR) is 127 cm³/mol. The number of nitrogens with zero attached hydrogens (tertiary/aromatic N) is 3. The summed E-state index contributed by atoms with van der Waals surface area (Å²) in [5.74, 6) is -0.330. The zero-order valence-electron chi connectivity index (χ0n) is 17.6. The van der Waals surface area contributed by atoms with Crippen LogP contribution in [-0.4, -0.2) is 35.1 Å². The van der Waals surface area contributed by atoms with Gasteiger partial charge in [0.1, 0.15) is 5.82 Å². The molecule has 5 nitrogen and oxygen atoms in total. The smallest absolute Gasteiger partial charge is 0.234 e. The molecule has 0 bridgehead atoms. The molecular formula is C24H22FN3O2S2. The molecule has 1 saturated heterocycles. The molecule has 2 aromatic carbocycles. The lowest BCUT2D eigenvalue weighted by molar-refractivity contribution is -0.118. The van der Waals surface area contributed by atoms with Crippen LogP contribution in [0.5, 0.6) is 0 Å². The van der Waals surface area contributed by atoms with Crippen molar-refractivity contribution >= 4 is 43.9 Å². The molecule has 0 spiro atoms. The lowest BCUT2D eigenvalue weighted by Crippen LogP contribution is -2.38. The average Bonchev–Trinajstić information content (AvgIpc) is 3.52. The highest BCUT2D eigenvalue weighted by molar-refractivity contribution is 7.22. The summed E-state index contributed by atoms with van der Waals surface area (Å²) < 4.78 is 20.3. The van der Waals surface area contributed by atoms with Gasteiger partial charge < -0.3 is 4.74 Å². The van der Waals surface area contributed by atoms with Crippen LogP contribution < -0.4 is 4.90 Å². The number of carbonyl (C=O) groups excluding carboxylic acids is 1. The fourth-order valence-electron chi connectivity index (χ4n) is 3.91. The zero-order valence-corrected chi connectivity index (χ0v) is 19.2. The fourth-order valence-corrected chi connectivity index (χ4v) is 5.85. The number of rotatable bonds is 6. The van der Waals surface area contributed by atoms with Gasteiger partial charge in [-0.3, -0.25) is 9.69 Å². The van der Waals surface area contributed by atoms with Crippen molar-refractivity contribution in [1.29, 1.82) is 0 Å². The summed E-state index contributed by atoms with van der Waals surface area (Å²) in [7, 11) is 0. The Bertz CT molecular complexity index is 1210. The Morgan fingerprint density at radius 1 is 1.16 bits per heavy atom. The molecule has 0 N–H and O–H groups in total. The normalized spacial score (nSPS) is 16.0. The number of para-hydroxylation sites is 1. The summed E-state index contributed by atoms with van der Waals surface area (Å²) in [5, 5.41) is 1.56. The summed E-state index contributed by atoms with van der Waals surface area (Å²) >= 11 is 3.02. The zero-order chi connectivity index (χ0) is 22.1. The number of aromatic nitrogens is 2. The minimum absolute atomic E-state index is 0.0192. The van der Waals surface area contributed by atoms with Gasteiger partial charge in [-0.05, 0) is 56.2 Å². The molecule has 32 heavy (non-hydrogen) atoms. The van der Waals surface area contributed by atoms with E-state index >= 15 is 0 Å². The van der Waals surface area contributed by atoms with Crippen molar-refractivity contribution in [3.05, 3.63) is 64.2 Å². The first-order chi connectivity index (χ1) is 15.6. The predicted octanol–water partition coefficient (Wildman–Crippen LogP) is 5.62. The van der Waals surface area contributed by atoms with E-state index < -0.39 is 0 Å². The first-order valence-electron chi connectivity index (χ1n) is 10.6. The number of hydrogen-bond donors (Lipinski definition) is 0. The highest BCUT2D eigenvalue weighted by Crippen LogP contribution is 2.33. The molecule has 8 heteroatoms. The van der Waals surface area contributed by atoms with E-state index in [1.165, 1.54) is 34.8 Å². The molecule has 0 aliphatic carbocycles. The number of anilines is 1. The summed E-state index contributed by atoms with van der Waals surface area (Å²) in [4.78, 5) is 25.6. The molecule has 1 amide bonds. The lowest BCUT2D eigenvalue weighted by Gasteiger charge is -2.23. The molecule has 0 radical (unpaired) electrons. The summed E-state index contributed by atoms with van der Waals surface area (Å²) in [6.07, 6.45) is 2.18. The van der Waals surface area contributed by atoms with E-state index in [0.29, 0.717) is 11.7 Å². The third-order valence-electron chi connectivity index (χ3n) is 5.46. The van der Waals surface area contributed by atoms with Crippen molar-refractivity contribution in [3.8, 4) is 11.3 Å². The van der Waals surface area contributed by atoms with Gasteiger partial charge in [0, 0.05) is 17.0 Å². The second-order valence-electron chi connectivity index (χ2n) is 7.79. The number of carbonyl (C=O) groups is 1. The van der Waals surface area contributed by atoms with Gasteiger partial charge >= 0.3 is 0 Å². The molecule has 1 aliphatic heterocycles. The highest BCUT2D eigenvalue weighted by Gasteiger charge is 2.27. The maximum absolute atomic E-state index is 13.6. The van der Waals surface area contributed by atoms with Crippen LogP contribution in [0.15, 0.2) is 48.5 Å². The monoisotopic (exact) mass is 467 g/mol. The van der Waals surface area contributed by atoms with Crippen molar-refractivity contribution in [2.75, 3.05) is 18.1 Å². The molecule has 0 unspecified atom stereocenters. The number of halogens is 1. The van der Waals surface area contributed by atoms with Gasteiger partial charge in [-0.1, -0.05) is 23.5 Å². The quantitative estimate of drug-likeness (QED) is 0.369. The molecule has 4 aromatic rings. The standard InChI is InChI=1S/C24H22FN3O2S2/c1-15-26-23(16-8-10-17(25)11-9-16)21(31-15)13-22(29)28(14-18-5-4-12-30-18)24-27-19-6-2-3-7-20(19)32-24/h2-3,6-11,18H,4-5,12-14H2,1H3/t18-/m1/s1. The van der Waals surface area contributed by atoms with Crippen LogP contribution in [0.1, 0.15) is 22.7 Å².